The molecule has 0 saturated carbocycles. The van der Waals surface area contributed by atoms with Gasteiger partial charge >= 0.3 is 6.09 Å². The average molecular weight is 293 g/mol. The molecule has 1 unspecified atom stereocenters. The summed E-state index contributed by atoms with van der Waals surface area (Å²) in [7, 11) is 0. The van der Waals surface area contributed by atoms with Crippen molar-refractivity contribution in [2.75, 3.05) is 13.1 Å². The van der Waals surface area contributed by atoms with Crippen LogP contribution in [0.3, 0.4) is 0 Å². The molecule has 0 aromatic carbocycles. The van der Waals surface area contributed by atoms with Gasteiger partial charge in [0, 0.05) is 29.5 Å². The predicted octanol–water partition coefficient (Wildman–Crippen LogP) is 3.23. The highest BCUT2D eigenvalue weighted by molar-refractivity contribution is 7.10. The molecule has 1 aliphatic rings. The Morgan fingerprint density at radius 1 is 1.50 bits per heavy atom. The van der Waals surface area contributed by atoms with Crippen molar-refractivity contribution in [1.29, 1.82) is 0 Å². The van der Waals surface area contributed by atoms with E-state index in [0.717, 1.165) is 10.5 Å². The second-order valence-electron chi connectivity index (χ2n) is 5.87. The number of carbonyl (C=O) groups excluding carboxylic acids is 2. The Morgan fingerprint density at radius 3 is 2.80 bits per heavy atom. The number of ether oxygens (including phenoxy) is 1. The molecular weight excluding hydrogens is 274 g/mol. The van der Waals surface area contributed by atoms with Gasteiger partial charge in [-0.05, 0) is 38.6 Å². The molecular formula is C15H19NO3S. The number of amides is 1. The van der Waals surface area contributed by atoms with E-state index in [1.807, 2.05) is 44.2 Å². The molecule has 0 aliphatic carbocycles. The molecule has 0 bridgehead atoms. The largest absolute Gasteiger partial charge is 0.444 e. The van der Waals surface area contributed by atoms with Crippen LogP contribution in [0.25, 0.3) is 0 Å². The number of piperidine rings is 1. The minimum absolute atomic E-state index is 0.0474. The number of hydrogen-bond donors (Lipinski definition) is 0. The zero-order chi connectivity index (χ0) is 14.8. The molecule has 1 amide bonds. The van der Waals surface area contributed by atoms with E-state index in [1.54, 1.807) is 16.2 Å². The first-order chi connectivity index (χ1) is 9.40. The van der Waals surface area contributed by atoms with Crippen molar-refractivity contribution in [3.63, 3.8) is 0 Å². The van der Waals surface area contributed by atoms with Crippen LogP contribution in [0, 0.1) is 0 Å². The normalized spacial score (nSPS) is 19.6. The number of hydrogen-bond acceptors (Lipinski definition) is 4. The molecule has 5 heteroatoms. The van der Waals surface area contributed by atoms with Crippen LogP contribution >= 0.6 is 11.3 Å². The smallest absolute Gasteiger partial charge is 0.410 e. The topological polar surface area (TPSA) is 46.6 Å². The highest BCUT2D eigenvalue weighted by Crippen LogP contribution is 2.33. The molecule has 2 heterocycles. The SMILES string of the molecule is CC(C)(C)OC(=O)N1CCC(=C=O)C(c2cccs2)C1. The van der Waals surface area contributed by atoms with Crippen LogP contribution in [0.5, 0.6) is 0 Å². The molecule has 20 heavy (non-hydrogen) atoms. The summed E-state index contributed by atoms with van der Waals surface area (Å²) >= 11 is 1.60. The first-order valence-electron chi connectivity index (χ1n) is 6.66. The molecule has 1 fully saturated rings. The van der Waals surface area contributed by atoms with Gasteiger partial charge in [0.2, 0.25) is 0 Å². The van der Waals surface area contributed by atoms with Gasteiger partial charge in [-0.25, -0.2) is 9.59 Å². The van der Waals surface area contributed by atoms with Gasteiger partial charge in [0.1, 0.15) is 11.5 Å². The molecule has 0 N–H and O–H groups in total. The number of thiophene rings is 1. The summed E-state index contributed by atoms with van der Waals surface area (Å²) in [4.78, 5) is 26.0. The monoisotopic (exact) mass is 293 g/mol. The van der Waals surface area contributed by atoms with Gasteiger partial charge in [0.25, 0.3) is 0 Å². The fourth-order valence-electron chi connectivity index (χ4n) is 2.22. The Kier molecular flexibility index (Phi) is 4.31. The van der Waals surface area contributed by atoms with E-state index in [4.69, 9.17) is 4.74 Å². The van der Waals surface area contributed by atoms with Gasteiger partial charge < -0.3 is 9.64 Å². The summed E-state index contributed by atoms with van der Waals surface area (Å²) in [6.07, 6.45) is 0.245. The highest BCUT2D eigenvalue weighted by atomic mass is 32.1. The fraction of sp³-hybridized carbons (Fsp3) is 0.533. The third-order valence-electron chi connectivity index (χ3n) is 3.14. The third-order valence-corrected chi connectivity index (χ3v) is 4.13. The Hall–Kier alpha value is -1.58. The second kappa shape index (κ2) is 5.81. The van der Waals surface area contributed by atoms with Gasteiger partial charge in [0.15, 0.2) is 0 Å². The van der Waals surface area contributed by atoms with Crippen LogP contribution in [0.1, 0.15) is 38.0 Å². The third kappa shape index (κ3) is 3.50. The van der Waals surface area contributed by atoms with E-state index in [9.17, 15) is 9.59 Å². The number of carbonyl (C=O) groups is 1. The quantitative estimate of drug-likeness (QED) is 0.747. The van der Waals surface area contributed by atoms with Crippen molar-refractivity contribution in [2.24, 2.45) is 0 Å². The van der Waals surface area contributed by atoms with E-state index < -0.39 is 5.60 Å². The summed E-state index contributed by atoms with van der Waals surface area (Å²) in [6.45, 7) is 6.55. The molecule has 1 saturated heterocycles. The lowest BCUT2D eigenvalue weighted by Crippen LogP contribution is -2.42. The Balaban J connectivity index is 2.13. The minimum atomic E-state index is -0.504. The maximum Gasteiger partial charge on any atom is 0.410 e. The molecule has 1 aromatic heterocycles. The summed E-state index contributed by atoms with van der Waals surface area (Å²) < 4.78 is 5.39. The second-order valence-corrected chi connectivity index (χ2v) is 6.85. The molecule has 108 valence electrons. The molecule has 1 aromatic rings. The van der Waals surface area contributed by atoms with Crippen molar-refractivity contribution in [2.45, 2.75) is 38.7 Å². The molecule has 0 spiro atoms. The standard InChI is InChI=1S/C15H19NO3S/c1-15(2,3)19-14(18)16-7-6-11(10-17)12(9-16)13-5-4-8-20-13/h4-5,8,12H,6-7,9H2,1-3H3. The number of likely N-dealkylation sites (tertiary alicyclic amines) is 1. The van der Waals surface area contributed by atoms with E-state index in [0.29, 0.717) is 19.5 Å². The zero-order valence-corrected chi connectivity index (χ0v) is 12.8. The van der Waals surface area contributed by atoms with Crippen LogP contribution in [-0.4, -0.2) is 35.6 Å². The van der Waals surface area contributed by atoms with Crippen LogP contribution in [0.15, 0.2) is 23.1 Å². The number of rotatable bonds is 1. The Labute approximate surface area is 123 Å². The van der Waals surface area contributed by atoms with Crippen LogP contribution in [-0.2, 0) is 9.53 Å². The van der Waals surface area contributed by atoms with Crippen LogP contribution < -0.4 is 0 Å². The van der Waals surface area contributed by atoms with E-state index in [2.05, 4.69) is 0 Å². The van der Waals surface area contributed by atoms with E-state index in [-0.39, 0.29) is 12.0 Å². The van der Waals surface area contributed by atoms with Gasteiger partial charge in [-0.3, -0.25) is 0 Å². The van der Waals surface area contributed by atoms with E-state index >= 15 is 0 Å². The lowest BCUT2D eigenvalue weighted by atomic mass is 9.91. The maximum atomic E-state index is 12.1. The van der Waals surface area contributed by atoms with Gasteiger partial charge in [-0.15, -0.1) is 11.3 Å². The molecule has 1 atom stereocenters. The lowest BCUT2D eigenvalue weighted by Gasteiger charge is -2.34. The molecule has 2 rings (SSSR count). The van der Waals surface area contributed by atoms with Crippen LogP contribution in [0.2, 0.25) is 0 Å². The molecule has 1 aliphatic heterocycles. The van der Waals surface area contributed by atoms with Gasteiger partial charge in [-0.1, -0.05) is 6.07 Å². The van der Waals surface area contributed by atoms with Gasteiger partial charge in [0.05, 0.1) is 0 Å². The van der Waals surface area contributed by atoms with Crippen molar-refractivity contribution >= 4 is 23.4 Å². The predicted molar refractivity (Wildman–Crippen MR) is 78.7 cm³/mol. The average Bonchev–Trinajstić information content (AvgIpc) is 2.89. The molecule has 4 nitrogen and oxygen atoms in total. The first kappa shape index (κ1) is 14.8. The van der Waals surface area contributed by atoms with Gasteiger partial charge in [-0.2, -0.15) is 0 Å². The highest BCUT2D eigenvalue weighted by Gasteiger charge is 2.32. The van der Waals surface area contributed by atoms with E-state index in [1.165, 1.54) is 0 Å². The first-order valence-corrected chi connectivity index (χ1v) is 7.54. The summed E-state index contributed by atoms with van der Waals surface area (Å²) in [5.74, 6) is 2.00. The zero-order valence-electron chi connectivity index (χ0n) is 12.0. The maximum absolute atomic E-state index is 12.1. The van der Waals surface area contributed by atoms with Crippen molar-refractivity contribution < 1.29 is 14.3 Å². The van der Waals surface area contributed by atoms with Crippen molar-refractivity contribution in [1.82, 2.24) is 4.90 Å². The Bertz CT molecular complexity index is 524. The lowest BCUT2D eigenvalue weighted by molar-refractivity contribution is 0.0225. The summed E-state index contributed by atoms with van der Waals surface area (Å²) in [5.41, 5.74) is 0.239. The minimum Gasteiger partial charge on any atom is -0.444 e. The van der Waals surface area contributed by atoms with Crippen molar-refractivity contribution in [3.8, 4) is 0 Å². The van der Waals surface area contributed by atoms with Crippen molar-refractivity contribution in [3.05, 3.63) is 28.0 Å². The molecule has 0 radical (unpaired) electrons. The van der Waals surface area contributed by atoms with Crippen LogP contribution in [0.4, 0.5) is 4.79 Å². The fourth-order valence-corrected chi connectivity index (χ4v) is 3.07. The summed E-state index contributed by atoms with van der Waals surface area (Å²) in [6, 6.07) is 3.94. The summed E-state index contributed by atoms with van der Waals surface area (Å²) in [5, 5.41) is 1.98. The number of nitrogens with zero attached hydrogens (tertiary/aromatic N) is 1. The Morgan fingerprint density at radius 2 is 2.25 bits per heavy atom.